The zero-order valence-electron chi connectivity index (χ0n) is 14.2. The van der Waals surface area contributed by atoms with Crippen LogP contribution in [0.3, 0.4) is 0 Å². The summed E-state index contributed by atoms with van der Waals surface area (Å²) in [6.07, 6.45) is 0. The molecule has 2 aromatic heterocycles. The van der Waals surface area contributed by atoms with Crippen LogP contribution in [0, 0.1) is 0 Å². The Bertz CT molecular complexity index is 1270. The zero-order valence-corrected chi connectivity index (χ0v) is 14.2. The van der Waals surface area contributed by atoms with Gasteiger partial charge in [-0.25, -0.2) is 9.59 Å². The molecule has 0 saturated carbocycles. The minimum absolute atomic E-state index is 0.0896. The highest BCUT2D eigenvalue weighted by Gasteiger charge is 2.34. The second-order valence-electron chi connectivity index (χ2n) is 6.13. The Morgan fingerprint density at radius 2 is 1.18 bits per heavy atom. The molecule has 0 saturated heterocycles. The second-order valence-corrected chi connectivity index (χ2v) is 6.13. The van der Waals surface area contributed by atoms with E-state index in [4.69, 9.17) is 14.6 Å². The normalized spacial score (nSPS) is 11.3. The summed E-state index contributed by atoms with van der Waals surface area (Å²) >= 11 is 0. The quantitative estimate of drug-likeness (QED) is 0.461. The maximum absolute atomic E-state index is 12.5. The summed E-state index contributed by atoms with van der Waals surface area (Å²) in [5, 5.41) is 21.5. The topological polar surface area (TPSA) is 144 Å². The lowest BCUT2D eigenvalue weighted by Gasteiger charge is -2.16. The fraction of sp³-hybridized carbons (Fsp3) is 0.0500. The molecule has 2 heterocycles. The van der Waals surface area contributed by atoms with Gasteiger partial charge in [0.25, 0.3) is 0 Å². The number of fused-ring (bicyclic) bond motifs is 2. The van der Waals surface area contributed by atoms with Crippen molar-refractivity contribution >= 4 is 27.8 Å². The Morgan fingerprint density at radius 1 is 0.786 bits per heavy atom. The van der Waals surface area contributed by atoms with Crippen molar-refractivity contribution in [3.05, 3.63) is 80.5 Å². The van der Waals surface area contributed by atoms with Crippen molar-refractivity contribution in [3.63, 3.8) is 0 Å². The molecule has 28 heavy (non-hydrogen) atoms. The summed E-state index contributed by atoms with van der Waals surface area (Å²) in [6, 6.07) is 12.2. The van der Waals surface area contributed by atoms with E-state index in [2.05, 4.69) is 0 Å². The van der Waals surface area contributed by atoms with Crippen LogP contribution >= 0.6 is 0 Å². The number of rotatable bonds is 3. The maximum Gasteiger partial charge on any atom is 0.344 e. The predicted octanol–water partition coefficient (Wildman–Crippen LogP) is 1.93. The van der Waals surface area contributed by atoms with E-state index >= 15 is 0 Å². The molecule has 0 bridgehead atoms. The summed E-state index contributed by atoms with van der Waals surface area (Å²) in [5.74, 6) is -4.05. The Morgan fingerprint density at radius 3 is 1.57 bits per heavy atom. The second kappa shape index (κ2) is 6.27. The lowest BCUT2D eigenvalue weighted by Crippen LogP contribution is -2.30. The van der Waals surface area contributed by atoms with Gasteiger partial charge < -0.3 is 24.8 Å². The first-order valence-corrected chi connectivity index (χ1v) is 8.19. The van der Waals surface area contributed by atoms with E-state index in [-0.39, 0.29) is 21.9 Å². The summed E-state index contributed by atoms with van der Waals surface area (Å²) in [6.45, 7) is 0. The van der Waals surface area contributed by atoms with Gasteiger partial charge in [-0.3, -0.25) is 4.79 Å². The number of hydrogen-bond acceptors (Lipinski definition) is 7. The molecule has 0 aliphatic rings. The number of hydrogen-bond donors (Lipinski definition) is 3. The Balaban J connectivity index is 2.10. The summed E-state index contributed by atoms with van der Waals surface area (Å²) < 4.78 is 10.3. The van der Waals surface area contributed by atoms with Crippen LogP contribution in [0.25, 0.3) is 21.9 Å². The molecular weight excluding hydrogens is 366 g/mol. The Labute approximate surface area is 156 Å². The molecule has 4 aromatic rings. The standard InChI is InChI=1S/C20H13NO7/c21-18(24)13(14-16(22)9-5-1-3-7-11(9)27-19(14)25)15-17(23)10-6-2-4-8-12(10)28-20(15)26/h1-8,13,22-23H,(H2,21,24). The van der Waals surface area contributed by atoms with Crippen LogP contribution in [0.1, 0.15) is 17.0 Å². The highest BCUT2D eigenvalue weighted by atomic mass is 16.4. The highest BCUT2D eigenvalue weighted by molar-refractivity contribution is 5.93. The van der Waals surface area contributed by atoms with E-state index in [9.17, 15) is 24.6 Å². The fourth-order valence-corrected chi connectivity index (χ4v) is 3.23. The van der Waals surface area contributed by atoms with E-state index in [0.717, 1.165) is 0 Å². The van der Waals surface area contributed by atoms with Gasteiger partial charge in [0.05, 0.1) is 21.9 Å². The van der Waals surface area contributed by atoms with Crippen molar-refractivity contribution in [1.29, 1.82) is 0 Å². The number of carbonyl (C=O) groups is 1. The van der Waals surface area contributed by atoms with Gasteiger partial charge in [0, 0.05) is 0 Å². The molecule has 0 atom stereocenters. The van der Waals surface area contributed by atoms with Crippen molar-refractivity contribution < 1.29 is 23.8 Å². The van der Waals surface area contributed by atoms with Gasteiger partial charge in [-0.2, -0.15) is 0 Å². The van der Waals surface area contributed by atoms with Crippen molar-refractivity contribution in [2.24, 2.45) is 5.73 Å². The molecule has 140 valence electrons. The van der Waals surface area contributed by atoms with Crippen LogP contribution in [0.4, 0.5) is 0 Å². The van der Waals surface area contributed by atoms with E-state index < -0.39 is 45.7 Å². The van der Waals surface area contributed by atoms with Crippen LogP contribution in [-0.4, -0.2) is 16.1 Å². The fourth-order valence-electron chi connectivity index (χ4n) is 3.23. The number of para-hydroxylation sites is 2. The summed E-state index contributed by atoms with van der Waals surface area (Å²) in [4.78, 5) is 37.2. The third-order valence-electron chi connectivity index (χ3n) is 4.50. The van der Waals surface area contributed by atoms with Crippen molar-refractivity contribution in [1.82, 2.24) is 0 Å². The molecule has 0 aliphatic carbocycles. The lowest BCUT2D eigenvalue weighted by atomic mass is 9.90. The van der Waals surface area contributed by atoms with Gasteiger partial charge in [-0.15, -0.1) is 0 Å². The van der Waals surface area contributed by atoms with Crippen LogP contribution in [0.5, 0.6) is 11.5 Å². The van der Waals surface area contributed by atoms with E-state index in [1.165, 1.54) is 24.3 Å². The number of benzene rings is 2. The van der Waals surface area contributed by atoms with E-state index in [1.807, 2.05) is 0 Å². The van der Waals surface area contributed by atoms with E-state index in [1.54, 1.807) is 24.3 Å². The van der Waals surface area contributed by atoms with Gasteiger partial charge in [-0.05, 0) is 24.3 Å². The van der Waals surface area contributed by atoms with Gasteiger partial charge in [0.1, 0.15) is 28.6 Å². The molecule has 8 nitrogen and oxygen atoms in total. The number of carbonyl (C=O) groups excluding carboxylic acids is 1. The third kappa shape index (κ3) is 2.50. The Kier molecular flexibility index (Phi) is 3.89. The van der Waals surface area contributed by atoms with Gasteiger partial charge >= 0.3 is 11.3 Å². The molecular formula is C20H13NO7. The smallest absolute Gasteiger partial charge is 0.344 e. The minimum atomic E-state index is -1.78. The SMILES string of the molecule is NC(=O)C(c1c(O)c2ccccc2oc1=O)c1c(O)c2ccccc2oc1=O. The first kappa shape index (κ1) is 17.3. The lowest BCUT2D eigenvalue weighted by molar-refractivity contribution is -0.118. The molecule has 0 spiro atoms. The minimum Gasteiger partial charge on any atom is -0.507 e. The summed E-state index contributed by atoms with van der Waals surface area (Å²) in [5.41, 5.74) is 2.39. The van der Waals surface area contributed by atoms with Gasteiger partial charge in [0.2, 0.25) is 5.91 Å². The average Bonchev–Trinajstić information content (AvgIpc) is 2.66. The number of primary amides is 1. The van der Waals surface area contributed by atoms with Crippen molar-refractivity contribution in [2.45, 2.75) is 5.92 Å². The molecule has 8 heteroatoms. The molecule has 0 fully saturated rings. The van der Waals surface area contributed by atoms with Crippen LogP contribution in [0.15, 0.2) is 67.0 Å². The van der Waals surface area contributed by atoms with Crippen molar-refractivity contribution in [2.75, 3.05) is 0 Å². The zero-order chi connectivity index (χ0) is 20.0. The predicted molar refractivity (Wildman–Crippen MR) is 99.3 cm³/mol. The van der Waals surface area contributed by atoms with Crippen LogP contribution < -0.4 is 17.0 Å². The number of aromatic hydroxyl groups is 2. The van der Waals surface area contributed by atoms with Gasteiger partial charge in [-0.1, -0.05) is 24.3 Å². The maximum atomic E-state index is 12.5. The molecule has 0 aliphatic heterocycles. The molecule has 4 N–H and O–H groups in total. The third-order valence-corrected chi connectivity index (χ3v) is 4.50. The van der Waals surface area contributed by atoms with Crippen LogP contribution in [0.2, 0.25) is 0 Å². The molecule has 0 radical (unpaired) electrons. The van der Waals surface area contributed by atoms with E-state index in [0.29, 0.717) is 0 Å². The summed E-state index contributed by atoms with van der Waals surface area (Å²) in [7, 11) is 0. The monoisotopic (exact) mass is 379 g/mol. The first-order chi connectivity index (χ1) is 13.4. The number of amides is 1. The molecule has 0 unspecified atom stereocenters. The largest absolute Gasteiger partial charge is 0.507 e. The average molecular weight is 379 g/mol. The van der Waals surface area contributed by atoms with Crippen LogP contribution in [-0.2, 0) is 4.79 Å². The molecule has 1 amide bonds. The Hall–Kier alpha value is -4.07. The number of nitrogens with two attached hydrogens (primary N) is 1. The molecule has 4 rings (SSSR count). The van der Waals surface area contributed by atoms with Gasteiger partial charge in [0.15, 0.2) is 0 Å². The molecule has 2 aromatic carbocycles. The van der Waals surface area contributed by atoms with Crippen molar-refractivity contribution in [3.8, 4) is 11.5 Å². The first-order valence-electron chi connectivity index (χ1n) is 8.19. The highest BCUT2D eigenvalue weighted by Crippen LogP contribution is 2.38.